The molecule has 1 saturated heterocycles. The highest BCUT2D eigenvalue weighted by Gasteiger charge is 2.29. The van der Waals surface area contributed by atoms with Crippen LogP contribution in [0.1, 0.15) is 26.7 Å². The molecule has 0 aromatic rings. The molecule has 1 aliphatic rings. The van der Waals surface area contributed by atoms with Gasteiger partial charge in [-0.15, -0.1) is 11.6 Å². The van der Waals surface area contributed by atoms with Gasteiger partial charge in [-0.2, -0.15) is 0 Å². The van der Waals surface area contributed by atoms with Gasteiger partial charge >= 0.3 is 0 Å². The maximum absolute atomic E-state index is 9.04. The molecule has 0 aromatic heterocycles. The van der Waals surface area contributed by atoms with E-state index in [-0.39, 0.29) is 11.5 Å². The minimum absolute atomic E-state index is 0.0399. The van der Waals surface area contributed by atoms with Crippen molar-refractivity contribution in [2.45, 2.75) is 32.3 Å². The first-order chi connectivity index (χ1) is 6.74. The Balaban J connectivity index is 0.000000364. The van der Waals surface area contributed by atoms with E-state index in [9.17, 15) is 0 Å². The van der Waals surface area contributed by atoms with Gasteiger partial charge in [-0.05, 0) is 12.8 Å². The SMILES string of the molecule is CCC1(CC)COCCO1.O=CCCl. The van der Waals surface area contributed by atoms with Crippen LogP contribution < -0.4 is 0 Å². The van der Waals surface area contributed by atoms with Gasteiger partial charge in [-0.3, -0.25) is 0 Å². The number of alkyl halides is 1. The third-order valence-electron chi connectivity index (χ3n) is 2.35. The van der Waals surface area contributed by atoms with Crippen molar-refractivity contribution < 1.29 is 14.3 Å². The molecule has 0 N–H and O–H groups in total. The molecular formula is C10H19ClO3. The molecule has 0 bridgehead atoms. The molecule has 0 spiro atoms. The Labute approximate surface area is 90.7 Å². The van der Waals surface area contributed by atoms with Gasteiger partial charge in [0.25, 0.3) is 0 Å². The second kappa shape index (κ2) is 8.21. The van der Waals surface area contributed by atoms with Crippen molar-refractivity contribution in [3.05, 3.63) is 0 Å². The maximum Gasteiger partial charge on any atom is 0.134 e. The third-order valence-corrected chi connectivity index (χ3v) is 2.48. The summed E-state index contributed by atoms with van der Waals surface area (Å²) in [5.74, 6) is 0.111. The van der Waals surface area contributed by atoms with E-state index in [0.717, 1.165) is 32.7 Å². The average Bonchev–Trinajstić information content (AvgIpc) is 2.30. The van der Waals surface area contributed by atoms with E-state index < -0.39 is 0 Å². The van der Waals surface area contributed by atoms with Crippen LogP contribution in [-0.4, -0.2) is 37.6 Å². The molecular weight excluding hydrogens is 204 g/mol. The van der Waals surface area contributed by atoms with Crippen molar-refractivity contribution in [2.24, 2.45) is 0 Å². The second-order valence-corrected chi connectivity index (χ2v) is 3.42. The molecule has 1 fully saturated rings. The molecule has 0 aromatic carbocycles. The van der Waals surface area contributed by atoms with Crippen molar-refractivity contribution in [2.75, 3.05) is 25.7 Å². The molecule has 0 amide bonds. The summed E-state index contributed by atoms with van der Waals surface area (Å²) in [4.78, 5) is 9.04. The number of hydrogen-bond acceptors (Lipinski definition) is 3. The van der Waals surface area contributed by atoms with Crippen LogP contribution in [0.2, 0.25) is 0 Å². The number of carbonyl (C=O) groups excluding carboxylic acids is 1. The molecule has 14 heavy (non-hydrogen) atoms. The first-order valence-electron chi connectivity index (χ1n) is 4.96. The fraction of sp³-hybridized carbons (Fsp3) is 0.900. The molecule has 84 valence electrons. The van der Waals surface area contributed by atoms with Crippen molar-refractivity contribution in [3.8, 4) is 0 Å². The Morgan fingerprint density at radius 3 is 2.14 bits per heavy atom. The largest absolute Gasteiger partial charge is 0.376 e. The van der Waals surface area contributed by atoms with Gasteiger partial charge in [-0.1, -0.05) is 13.8 Å². The van der Waals surface area contributed by atoms with Crippen LogP contribution >= 0.6 is 11.6 Å². The lowest BCUT2D eigenvalue weighted by Crippen LogP contribution is -2.41. The first kappa shape index (κ1) is 13.9. The van der Waals surface area contributed by atoms with Gasteiger partial charge in [0.2, 0.25) is 0 Å². The van der Waals surface area contributed by atoms with Gasteiger partial charge in [0, 0.05) is 0 Å². The predicted molar refractivity (Wildman–Crippen MR) is 56.9 cm³/mol. The Morgan fingerprint density at radius 2 is 1.93 bits per heavy atom. The fourth-order valence-corrected chi connectivity index (χ4v) is 1.28. The van der Waals surface area contributed by atoms with Crippen LogP contribution in [0.3, 0.4) is 0 Å². The van der Waals surface area contributed by atoms with Gasteiger partial charge in [-0.25, -0.2) is 0 Å². The highest BCUT2D eigenvalue weighted by atomic mass is 35.5. The van der Waals surface area contributed by atoms with Crippen LogP contribution in [0.25, 0.3) is 0 Å². The van der Waals surface area contributed by atoms with E-state index in [1.54, 1.807) is 0 Å². The van der Waals surface area contributed by atoms with Gasteiger partial charge in [0.1, 0.15) is 6.29 Å². The molecule has 0 aliphatic carbocycles. The summed E-state index contributed by atoms with van der Waals surface area (Å²) in [5.41, 5.74) is 0.0399. The summed E-state index contributed by atoms with van der Waals surface area (Å²) in [6, 6.07) is 0. The molecule has 0 unspecified atom stereocenters. The number of halogens is 1. The normalized spacial score (nSPS) is 19.4. The number of carbonyl (C=O) groups is 1. The molecule has 1 rings (SSSR count). The molecule has 3 nitrogen and oxygen atoms in total. The molecule has 1 aliphatic heterocycles. The minimum atomic E-state index is 0.0399. The van der Waals surface area contributed by atoms with Gasteiger partial charge < -0.3 is 14.3 Å². The van der Waals surface area contributed by atoms with Crippen LogP contribution in [0, 0.1) is 0 Å². The first-order valence-corrected chi connectivity index (χ1v) is 5.49. The van der Waals surface area contributed by atoms with Crippen molar-refractivity contribution in [3.63, 3.8) is 0 Å². The highest BCUT2D eigenvalue weighted by Crippen LogP contribution is 2.23. The topological polar surface area (TPSA) is 35.5 Å². The van der Waals surface area contributed by atoms with E-state index in [2.05, 4.69) is 13.8 Å². The fourth-order valence-electron chi connectivity index (χ4n) is 1.28. The van der Waals surface area contributed by atoms with Gasteiger partial charge in [0.15, 0.2) is 0 Å². The summed E-state index contributed by atoms with van der Waals surface area (Å²) < 4.78 is 11.0. The predicted octanol–water partition coefficient (Wildman–Crippen LogP) is 2.02. The maximum atomic E-state index is 9.04. The zero-order valence-electron chi connectivity index (χ0n) is 8.92. The summed E-state index contributed by atoms with van der Waals surface area (Å²) >= 11 is 4.82. The molecule has 4 heteroatoms. The van der Waals surface area contributed by atoms with E-state index in [4.69, 9.17) is 25.9 Å². The van der Waals surface area contributed by atoms with Crippen LogP contribution in [-0.2, 0) is 14.3 Å². The Morgan fingerprint density at radius 1 is 1.36 bits per heavy atom. The van der Waals surface area contributed by atoms with E-state index in [0.29, 0.717) is 6.29 Å². The Kier molecular flexibility index (Phi) is 8.14. The third kappa shape index (κ3) is 4.94. The van der Waals surface area contributed by atoms with Crippen LogP contribution in [0.4, 0.5) is 0 Å². The second-order valence-electron chi connectivity index (χ2n) is 3.11. The lowest BCUT2D eigenvalue weighted by atomic mass is 9.98. The quantitative estimate of drug-likeness (QED) is 0.542. The smallest absolute Gasteiger partial charge is 0.134 e. The monoisotopic (exact) mass is 222 g/mol. The standard InChI is InChI=1S/C8H16O2.C2H3ClO/c1-3-8(4-2)7-9-5-6-10-8;3-1-2-4/h3-7H2,1-2H3;2H,1H2. The zero-order chi connectivity index (χ0) is 10.9. The van der Waals surface area contributed by atoms with Crippen molar-refractivity contribution in [1.82, 2.24) is 0 Å². The zero-order valence-corrected chi connectivity index (χ0v) is 9.68. The number of rotatable bonds is 3. The Hall–Kier alpha value is -0.120. The lowest BCUT2D eigenvalue weighted by molar-refractivity contribution is -0.159. The Bertz CT molecular complexity index is 138. The van der Waals surface area contributed by atoms with Crippen molar-refractivity contribution >= 4 is 17.9 Å². The van der Waals surface area contributed by atoms with Crippen LogP contribution in [0.15, 0.2) is 0 Å². The van der Waals surface area contributed by atoms with E-state index >= 15 is 0 Å². The van der Waals surface area contributed by atoms with E-state index in [1.165, 1.54) is 0 Å². The number of aldehydes is 1. The average molecular weight is 223 g/mol. The molecule has 0 saturated carbocycles. The minimum Gasteiger partial charge on any atom is -0.376 e. The molecule has 0 radical (unpaired) electrons. The number of ether oxygens (including phenoxy) is 2. The van der Waals surface area contributed by atoms with Crippen LogP contribution in [0.5, 0.6) is 0 Å². The summed E-state index contributed by atoms with van der Waals surface area (Å²) in [5, 5.41) is 0. The summed E-state index contributed by atoms with van der Waals surface area (Å²) in [7, 11) is 0. The van der Waals surface area contributed by atoms with E-state index in [1.807, 2.05) is 0 Å². The summed E-state index contributed by atoms with van der Waals surface area (Å²) in [6.45, 7) is 6.61. The van der Waals surface area contributed by atoms with Gasteiger partial charge in [0.05, 0.1) is 31.3 Å². The number of hydrogen-bond donors (Lipinski definition) is 0. The molecule has 0 atom stereocenters. The lowest BCUT2D eigenvalue weighted by Gasteiger charge is -2.35. The molecule has 1 heterocycles. The van der Waals surface area contributed by atoms with Crippen molar-refractivity contribution in [1.29, 1.82) is 0 Å². The summed E-state index contributed by atoms with van der Waals surface area (Å²) in [6.07, 6.45) is 2.76. The highest BCUT2D eigenvalue weighted by molar-refractivity contribution is 6.24.